The summed E-state index contributed by atoms with van der Waals surface area (Å²) < 4.78 is 6.25. The van der Waals surface area contributed by atoms with Crippen molar-refractivity contribution in [2.24, 2.45) is 0 Å². The first-order valence-electron chi connectivity index (χ1n) is 18.4. The van der Waals surface area contributed by atoms with Crippen molar-refractivity contribution in [3.63, 3.8) is 0 Å². The molecule has 10 aromatic rings. The van der Waals surface area contributed by atoms with E-state index in [1.807, 2.05) is 12.1 Å². The average Bonchev–Trinajstić information content (AvgIpc) is 3.63. The zero-order valence-electron chi connectivity index (χ0n) is 29.6. The minimum absolute atomic E-state index is 0.900. The number of fused-ring (bicyclic) bond motifs is 4. The first-order valence-corrected chi connectivity index (χ1v) is 18.4. The Hall–Kier alpha value is -7.16. The third kappa shape index (κ3) is 5.53. The van der Waals surface area contributed by atoms with Crippen LogP contribution >= 0.6 is 0 Å². The van der Waals surface area contributed by atoms with E-state index in [0.29, 0.717) is 0 Å². The van der Waals surface area contributed by atoms with E-state index in [1.54, 1.807) is 0 Å². The van der Waals surface area contributed by atoms with Gasteiger partial charge in [-0.1, -0.05) is 170 Å². The van der Waals surface area contributed by atoms with Crippen molar-refractivity contribution in [1.82, 2.24) is 0 Å². The molecular weight excluding hydrogens is 655 g/mol. The molecule has 10 rings (SSSR count). The van der Waals surface area contributed by atoms with Crippen molar-refractivity contribution < 1.29 is 4.42 Å². The van der Waals surface area contributed by atoms with Crippen LogP contribution in [0.3, 0.4) is 0 Å². The number of hydrogen-bond donors (Lipinski definition) is 0. The summed E-state index contributed by atoms with van der Waals surface area (Å²) in [6.07, 6.45) is 0. The molecule has 0 aliphatic rings. The summed E-state index contributed by atoms with van der Waals surface area (Å²) in [4.78, 5) is 2.42. The summed E-state index contributed by atoms with van der Waals surface area (Å²) in [6.45, 7) is 0. The lowest BCUT2D eigenvalue weighted by atomic mass is 9.88. The van der Waals surface area contributed by atoms with Gasteiger partial charge in [0.2, 0.25) is 0 Å². The zero-order chi connectivity index (χ0) is 35.8. The first kappa shape index (κ1) is 31.6. The van der Waals surface area contributed by atoms with Crippen molar-refractivity contribution in [2.45, 2.75) is 0 Å². The molecule has 0 bridgehead atoms. The molecule has 0 aliphatic carbocycles. The van der Waals surface area contributed by atoms with E-state index in [-0.39, 0.29) is 0 Å². The smallest absolute Gasteiger partial charge is 0.136 e. The summed E-state index contributed by atoms with van der Waals surface area (Å²) >= 11 is 0. The Balaban J connectivity index is 1.14. The molecule has 0 saturated heterocycles. The molecule has 0 spiro atoms. The fourth-order valence-electron chi connectivity index (χ4n) is 7.96. The number of hydrogen-bond acceptors (Lipinski definition) is 2. The molecule has 54 heavy (non-hydrogen) atoms. The van der Waals surface area contributed by atoms with Crippen LogP contribution in [0.5, 0.6) is 0 Å². The predicted octanol–water partition coefficient (Wildman–Crippen LogP) is 14.9. The Morgan fingerprint density at radius 1 is 0.296 bits per heavy atom. The van der Waals surface area contributed by atoms with Gasteiger partial charge in [0.05, 0.1) is 11.4 Å². The first-order chi connectivity index (χ1) is 26.8. The third-order valence-electron chi connectivity index (χ3n) is 10.5. The lowest BCUT2D eigenvalue weighted by Gasteiger charge is -2.29. The highest BCUT2D eigenvalue weighted by Crippen LogP contribution is 2.47. The van der Waals surface area contributed by atoms with Gasteiger partial charge in [0.15, 0.2) is 0 Å². The average molecular weight is 690 g/mol. The molecule has 0 N–H and O–H groups in total. The Morgan fingerprint density at radius 3 is 1.63 bits per heavy atom. The number of benzene rings is 9. The Morgan fingerprint density at radius 2 is 0.833 bits per heavy atom. The van der Waals surface area contributed by atoms with Gasteiger partial charge < -0.3 is 9.32 Å². The molecule has 1 heterocycles. The van der Waals surface area contributed by atoms with Gasteiger partial charge in [-0.05, 0) is 86.8 Å². The molecule has 2 nitrogen and oxygen atoms in total. The summed E-state index contributed by atoms with van der Waals surface area (Å²) in [6, 6.07) is 76.0. The summed E-state index contributed by atoms with van der Waals surface area (Å²) in [5.41, 5.74) is 14.5. The number of rotatable bonds is 7. The van der Waals surface area contributed by atoms with Gasteiger partial charge >= 0.3 is 0 Å². The van der Waals surface area contributed by atoms with E-state index in [9.17, 15) is 0 Å². The largest absolute Gasteiger partial charge is 0.456 e. The molecule has 0 unspecified atom stereocenters. The second-order valence-corrected chi connectivity index (χ2v) is 13.7. The van der Waals surface area contributed by atoms with Crippen LogP contribution in [-0.2, 0) is 0 Å². The van der Waals surface area contributed by atoms with Crippen LogP contribution < -0.4 is 4.90 Å². The van der Waals surface area contributed by atoms with Crippen LogP contribution in [0, 0.1) is 0 Å². The van der Waals surface area contributed by atoms with Gasteiger partial charge in [-0.15, -0.1) is 0 Å². The molecule has 0 aliphatic heterocycles. The van der Waals surface area contributed by atoms with Crippen molar-refractivity contribution in [1.29, 1.82) is 0 Å². The SMILES string of the molecule is c1ccc(-c2ccccc2-c2ccccc2-c2ccccc2N(c2ccc(-c3ccc4c(c3)oc3ccccc34)cc2)c2cccc3ccccc23)cc1. The lowest BCUT2D eigenvalue weighted by Crippen LogP contribution is -2.12. The molecule has 1 aromatic heterocycles. The molecule has 0 atom stereocenters. The highest BCUT2D eigenvalue weighted by atomic mass is 16.3. The highest BCUT2D eigenvalue weighted by Gasteiger charge is 2.21. The zero-order valence-corrected chi connectivity index (χ0v) is 29.6. The molecular formula is C52H35NO. The maximum atomic E-state index is 6.25. The van der Waals surface area contributed by atoms with Crippen molar-refractivity contribution in [3.05, 3.63) is 212 Å². The molecule has 0 fully saturated rings. The Bertz CT molecular complexity index is 2930. The minimum Gasteiger partial charge on any atom is -0.456 e. The van der Waals surface area contributed by atoms with Gasteiger partial charge in [0.1, 0.15) is 11.2 Å². The normalized spacial score (nSPS) is 11.3. The van der Waals surface area contributed by atoms with Crippen LogP contribution in [0.15, 0.2) is 217 Å². The summed E-state index contributed by atoms with van der Waals surface area (Å²) in [5.74, 6) is 0. The molecule has 9 aromatic carbocycles. The lowest BCUT2D eigenvalue weighted by molar-refractivity contribution is 0.669. The fraction of sp³-hybridized carbons (Fsp3) is 0. The second kappa shape index (κ2) is 13.4. The van der Waals surface area contributed by atoms with E-state index in [0.717, 1.165) is 55.7 Å². The van der Waals surface area contributed by atoms with E-state index in [1.165, 1.54) is 38.6 Å². The van der Waals surface area contributed by atoms with E-state index in [2.05, 4.69) is 205 Å². The maximum absolute atomic E-state index is 6.25. The van der Waals surface area contributed by atoms with Crippen molar-refractivity contribution >= 4 is 49.8 Å². The molecule has 254 valence electrons. The molecule has 0 saturated carbocycles. The van der Waals surface area contributed by atoms with E-state index < -0.39 is 0 Å². The van der Waals surface area contributed by atoms with Gasteiger partial charge in [-0.3, -0.25) is 0 Å². The number of furan rings is 1. The summed E-state index contributed by atoms with van der Waals surface area (Å²) in [7, 11) is 0. The van der Waals surface area contributed by atoms with Crippen LogP contribution in [0.4, 0.5) is 17.1 Å². The monoisotopic (exact) mass is 689 g/mol. The third-order valence-corrected chi connectivity index (χ3v) is 10.5. The van der Waals surface area contributed by atoms with Gasteiger partial charge in [-0.25, -0.2) is 0 Å². The van der Waals surface area contributed by atoms with Crippen LogP contribution in [0.2, 0.25) is 0 Å². The van der Waals surface area contributed by atoms with E-state index in [4.69, 9.17) is 4.42 Å². The molecule has 2 heteroatoms. The molecule has 0 amide bonds. The number of anilines is 3. The minimum atomic E-state index is 0.900. The van der Waals surface area contributed by atoms with Crippen LogP contribution in [0.25, 0.3) is 77.2 Å². The van der Waals surface area contributed by atoms with Crippen LogP contribution in [0.1, 0.15) is 0 Å². The topological polar surface area (TPSA) is 16.4 Å². The Kier molecular flexibility index (Phi) is 7.85. The highest BCUT2D eigenvalue weighted by molar-refractivity contribution is 6.06. The van der Waals surface area contributed by atoms with Crippen molar-refractivity contribution in [2.75, 3.05) is 4.90 Å². The van der Waals surface area contributed by atoms with E-state index >= 15 is 0 Å². The van der Waals surface area contributed by atoms with Gasteiger partial charge in [0.25, 0.3) is 0 Å². The quantitative estimate of drug-likeness (QED) is 0.166. The predicted molar refractivity (Wildman–Crippen MR) is 228 cm³/mol. The van der Waals surface area contributed by atoms with Gasteiger partial charge in [-0.2, -0.15) is 0 Å². The number of nitrogens with zero attached hydrogens (tertiary/aromatic N) is 1. The second-order valence-electron chi connectivity index (χ2n) is 13.7. The standard InChI is InChI=1S/C52H35NO/c1-2-15-37(16-3-1)41-19-6-7-21-43(41)44-22-8-9-23-45(44)46-24-10-12-26-50(46)53(49-27-14-18-38-17-4-5-20-42(38)49)40-32-29-36(30-33-40)39-31-34-48-47-25-11-13-28-51(47)54-52(48)35-39/h1-35H. The maximum Gasteiger partial charge on any atom is 0.136 e. The van der Waals surface area contributed by atoms with Crippen LogP contribution in [-0.4, -0.2) is 0 Å². The summed E-state index contributed by atoms with van der Waals surface area (Å²) in [5, 5.41) is 4.67. The fourth-order valence-corrected chi connectivity index (χ4v) is 7.96. The van der Waals surface area contributed by atoms with Gasteiger partial charge in [0, 0.05) is 27.4 Å². The Labute approximate surface area is 314 Å². The number of para-hydroxylation sites is 2. The van der Waals surface area contributed by atoms with Crippen molar-refractivity contribution in [3.8, 4) is 44.5 Å². The molecule has 0 radical (unpaired) electrons.